The van der Waals surface area contributed by atoms with Crippen molar-refractivity contribution in [2.75, 3.05) is 5.32 Å². The summed E-state index contributed by atoms with van der Waals surface area (Å²) in [6.45, 7) is 0. The van der Waals surface area contributed by atoms with Crippen LogP contribution in [-0.2, 0) is 0 Å². The van der Waals surface area contributed by atoms with Crippen LogP contribution < -0.4 is 5.32 Å². The van der Waals surface area contributed by atoms with Crippen molar-refractivity contribution >= 4 is 27.7 Å². The molecule has 0 saturated carbocycles. The third-order valence-corrected chi connectivity index (χ3v) is 4.46. The molecule has 0 radical (unpaired) electrons. The summed E-state index contributed by atoms with van der Waals surface area (Å²) in [6, 6.07) is 26.4. The predicted molar refractivity (Wildman–Crippen MR) is 109 cm³/mol. The highest BCUT2D eigenvalue weighted by Gasteiger charge is 2.17. The Labute approximate surface area is 164 Å². The maximum Gasteiger partial charge on any atom is 0.256 e. The van der Waals surface area contributed by atoms with E-state index in [0.717, 1.165) is 15.7 Å². The number of halogens is 1. The van der Waals surface area contributed by atoms with E-state index in [1.54, 1.807) is 12.1 Å². The highest BCUT2D eigenvalue weighted by atomic mass is 79.9. The van der Waals surface area contributed by atoms with Crippen LogP contribution in [0.15, 0.2) is 89.4 Å². The second-order valence-corrected chi connectivity index (χ2v) is 6.77. The zero-order chi connectivity index (χ0) is 18.6. The zero-order valence-corrected chi connectivity index (χ0v) is 15.8. The van der Waals surface area contributed by atoms with E-state index in [4.69, 9.17) is 0 Å². The van der Waals surface area contributed by atoms with E-state index in [-0.39, 0.29) is 5.91 Å². The molecule has 5 nitrogen and oxygen atoms in total. The molecule has 1 N–H and O–H groups in total. The molecule has 6 heteroatoms. The molecule has 0 aliphatic rings. The van der Waals surface area contributed by atoms with E-state index in [2.05, 4.69) is 31.4 Å². The third kappa shape index (κ3) is 3.80. The molecular weight excluding hydrogens is 404 g/mol. The maximum absolute atomic E-state index is 12.6. The first kappa shape index (κ1) is 17.2. The number of hydrogen-bond acceptors (Lipinski definition) is 3. The number of rotatable bonds is 4. The molecule has 27 heavy (non-hydrogen) atoms. The van der Waals surface area contributed by atoms with Gasteiger partial charge in [-0.3, -0.25) is 4.79 Å². The molecule has 0 aliphatic carbocycles. The van der Waals surface area contributed by atoms with Crippen LogP contribution >= 0.6 is 15.9 Å². The molecular formula is C21H15BrN4O. The van der Waals surface area contributed by atoms with E-state index in [9.17, 15) is 4.79 Å². The molecule has 0 spiro atoms. The minimum Gasteiger partial charge on any atom is -0.303 e. The normalized spacial score (nSPS) is 10.6. The SMILES string of the molecule is O=C(Nc1nn(-c2cccc(Br)c2)nc1-c1ccccc1)c1ccccc1. The number of anilines is 1. The number of aromatic nitrogens is 3. The summed E-state index contributed by atoms with van der Waals surface area (Å²) in [5.41, 5.74) is 2.84. The van der Waals surface area contributed by atoms with Crippen molar-refractivity contribution in [3.8, 4) is 16.9 Å². The van der Waals surface area contributed by atoms with Gasteiger partial charge in [0.1, 0.15) is 5.69 Å². The Kier molecular flexibility index (Phi) is 4.80. The summed E-state index contributed by atoms with van der Waals surface area (Å²) in [5.74, 6) is 0.184. The van der Waals surface area contributed by atoms with Crippen LogP contribution in [0.25, 0.3) is 16.9 Å². The van der Waals surface area contributed by atoms with E-state index < -0.39 is 0 Å². The van der Waals surface area contributed by atoms with Crippen molar-refractivity contribution in [1.82, 2.24) is 15.0 Å². The molecule has 0 unspecified atom stereocenters. The Morgan fingerprint density at radius 2 is 1.56 bits per heavy atom. The van der Waals surface area contributed by atoms with Crippen LogP contribution in [0.4, 0.5) is 5.82 Å². The predicted octanol–water partition coefficient (Wildman–Crippen LogP) is 4.95. The molecule has 4 aromatic rings. The molecule has 1 aromatic heterocycles. The zero-order valence-electron chi connectivity index (χ0n) is 14.2. The van der Waals surface area contributed by atoms with Crippen LogP contribution in [0.2, 0.25) is 0 Å². The van der Waals surface area contributed by atoms with Gasteiger partial charge >= 0.3 is 0 Å². The van der Waals surface area contributed by atoms with Crippen molar-refractivity contribution in [2.45, 2.75) is 0 Å². The summed E-state index contributed by atoms with van der Waals surface area (Å²) in [7, 11) is 0. The topological polar surface area (TPSA) is 59.8 Å². The number of nitrogens with zero attached hydrogens (tertiary/aromatic N) is 3. The molecule has 0 atom stereocenters. The number of carbonyl (C=O) groups excluding carboxylic acids is 1. The highest BCUT2D eigenvalue weighted by molar-refractivity contribution is 9.10. The minimum atomic E-state index is -0.228. The number of nitrogens with one attached hydrogen (secondary N) is 1. The Bertz CT molecular complexity index is 1080. The largest absolute Gasteiger partial charge is 0.303 e. The van der Waals surface area contributed by atoms with Gasteiger partial charge in [0.2, 0.25) is 0 Å². The van der Waals surface area contributed by atoms with Crippen molar-refractivity contribution in [1.29, 1.82) is 0 Å². The van der Waals surface area contributed by atoms with Gasteiger partial charge in [-0.2, -0.15) is 0 Å². The highest BCUT2D eigenvalue weighted by Crippen LogP contribution is 2.26. The summed E-state index contributed by atoms with van der Waals surface area (Å²) in [5, 5.41) is 12.0. The first-order valence-electron chi connectivity index (χ1n) is 8.36. The van der Waals surface area contributed by atoms with E-state index in [0.29, 0.717) is 17.1 Å². The van der Waals surface area contributed by atoms with Gasteiger partial charge < -0.3 is 5.32 Å². The summed E-state index contributed by atoms with van der Waals surface area (Å²) in [6.07, 6.45) is 0. The van der Waals surface area contributed by atoms with Crippen LogP contribution in [0, 0.1) is 0 Å². The lowest BCUT2D eigenvalue weighted by atomic mass is 10.1. The second-order valence-electron chi connectivity index (χ2n) is 5.85. The summed E-state index contributed by atoms with van der Waals surface area (Å²) >= 11 is 3.46. The molecule has 132 valence electrons. The monoisotopic (exact) mass is 418 g/mol. The van der Waals surface area contributed by atoms with Gasteiger partial charge in [0.25, 0.3) is 5.91 Å². The third-order valence-electron chi connectivity index (χ3n) is 3.97. The molecule has 1 heterocycles. The van der Waals surface area contributed by atoms with Crippen LogP contribution in [0.5, 0.6) is 0 Å². The van der Waals surface area contributed by atoms with Gasteiger partial charge in [-0.15, -0.1) is 15.0 Å². The van der Waals surface area contributed by atoms with E-state index in [1.165, 1.54) is 4.80 Å². The fraction of sp³-hybridized carbons (Fsp3) is 0. The van der Waals surface area contributed by atoms with Gasteiger partial charge in [0, 0.05) is 15.6 Å². The van der Waals surface area contributed by atoms with Gasteiger partial charge in [-0.05, 0) is 30.3 Å². The molecule has 0 bridgehead atoms. The molecule has 0 aliphatic heterocycles. The molecule has 0 fully saturated rings. The lowest BCUT2D eigenvalue weighted by Gasteiger charge is -2.04. The number of amides is 1. The standard InChI is InChI=1S/C21H15BrN4O/c22-17-12-7-13-18(14-17)26-24-19(15-8-3-1-4-9-15)20(25-26)23-21(27)16-10-5-2-6-11-16/h1-14H,(H,23,25,27). The van der Waals surface area contributed by atoms with Crippen LogP contribution in [0.3, 0.4) is 0 Å². The molecule has 3 aromatic carbocycles. The lowest BCUT2D eigenvalue weighted by molar-refractivity contribution is 0.102. The minimum absolute atomic E-state index is 0.228. The number of hydrogen-bond donors (Lipinski definition) is 1. The lowest BCUT2D eigenvalue weighted by Crippen LogP contribution is -2.13. The van der Waals surface area contributed by atoms with Crippen LogP contribution in [0.1, 0.15) is 10.4 Å². The van der Waals surface area contributed by atoms with Crippen molar-refractivity contribution in [3.63, 3.8) is 0 Å². The van der Waals surface area contributed by atoms with Gasteiger partial charge in [-0.1, -0.05) is 70.5 Å². The van der Waals surface area contributed by atoms with E-state index in [1.807, 2.05) is 72.8 Å². The van der Waals surface area contributed by atoms with Crippen molar-refractivity contribution < 1.29 is 4.79 Å². The Morgan fingerprint density at radius 3 is 2.26 bits per heavy atom. The summed E-state index contributed by atoms with van der Waals surface area (Å²) in [4.78, 5) is 14.1. The Morgan fingerprint density at radius 1 is 0.852 bits per heavy atom. The number of carbonyl (C=O) groups is 1. The van der Waals surface area contributed by atoms with Gasteiger partial charge in [0.15, 0.2) is 5.82 Å². The smallest absolute Gasteiger partial charge is 0.256 e. The maximum atomic E-state index is 12.6. The number of benzene rings is 3. The molecule has 0 saturated heterocycles. The van der Waals surface area contributed by atoms with Gasteiger partial charge in [0.05, 0.1) is 5.69 Å². The average molecular weight is 419 g/mol. The average Bonchev–Trinajstić information content (AvgIpc) is 3.13. The summed E-state index contributed by atoms with van der Waals surface area (Å²) < 4.78 is 0.924. The van der Waals surface area contributed by atoms with Crippen LogP contribution in [-0.4, -0.2) is 20.9 Å². The Balaban J connectivity index is 1.76. The quantitative estimate of drug-likeness (QED) is 0.509. The fourth-order valence-electron chi connectivity index (χ4n) is 2.67. The van der Waals surface area contributed by atoms with Crippen molar-refractivity contribution in [3.05, 3.63) is 95.0 Å². The first-order valence-corrected chi connectivity index (χ1v) is 9.15. The molecule has 4 rings (SSSR count). The Hall–Kier alpha value is -3.25. The second kappa shape index (κ2) is 7.55. The van der Waals surface area contributed by atoms with E-state index >= 15 is 0 Å². The first-order chi connectivity index (χ1) is 13.2. The molecule has 1 amide bonds. The van der Waals surface area contributed by atoms with Crippen molar-refractivity contribution in [2.24, 2.45) is 0 Å². The van der Waals surface area contributed by atoms with Gasteiger partial charge in [-0.25, -0.2) is 0 Å². The fourth-order valence-corrected chi connectivity index (χ4v) is 3.05.